The van der Waals surface area contributed by atoms with E-state index in [1.54, 1.807) is 36.4 Å². The number of pyridine rings is 1. The van der Waals surface area contributed by atoms with Crippen LogP contribution in [0, 0.1) is 11.3 Å². The molecule has 0 saturated carbocycles. The second-order valence-corrected chi connectivity index (χ2v) is 4.25. The highest BCUT2D eigenvalue weighted by molar-refractivity contribution is 5.92. The summed E-state index contributed by atoms with van der Waals surface area (Å²) in [5, 5.41) is 11.0. The van der Waals surface area contributed by atoms with Gasteiger partial charge in [0.1, 0.15) is 23.6 Å². The van der Waals surface area contributed by atoms with Gasteiger partial charge in [0.15, 0.2) is 0 Å². The number of rotatable bonds is 5. The van der Waals surface area contributed by atoms with E-state index in [9.17, 15) is 9.59 Å². The van der Waals surface area contributed by atoms with Crippen molar-refractivity contribution >= 4 is 17.5 Å². The van der Waals surface area contributed by atoms with Crippen molar-refractivity contribution in [3.05, 3.63) is 48.3 Å². The van der Waals surface area contributed by atoms with Crippen molar-refractivity contribution in [2.24, 2.45) is 5.73 Å². The number of nitrogens with two attached hydrogens (primary N) is 1. The Morgan fingerprint density at radius 2 is 1.95 bits per heavy atom. The number of anilines is 1. The fourth-order valence-corrected chi connectivity index (χ4v) is 1.63. The van der Waals surface area contributed by atoms with E-state index in [-0.39, 0.29) is 18.0 Å². The summed E-state index contributed by atoms with van der Waals surface area (Å²) in [5.74, 6) is -0.0811. The van der Waals surface area contributed by atoms with Crippen LogP contribution in [0.25, 0.3) is 0 Å². The summed E-state index contributed by atoms with van der Waals surface area (Å²) in [6.45, 7) is 0. The number of benzene rings is 1. The minimum Gasteiger partial charge on any atom is -0.457 e. The lowest BCUT2D eigenvalue weighted by Gasteiger charge is -2.07. The molecule has 2 amide bonds. The van der Waals surface area contributed by atoms with Gasteiger partial charge < -0.3 is 15.8 Å². The third-order valence-electron chi connectivity index (χ3n) is 2.60. The Bertz CT molecular complexity index is 735. The van der Waals surface area contributed by atoms with Gasteiger partial charge in [-0.15, -0.1) is 0 Å². The van der Waals surface area contributed by atoms with Gasteiger partial charge >= 0.3 is 0 Å². The third-order valence-corrected chi connectivity index (χ3v) is 2.60. The lowest BCUT2D eigenvalue weighted by molar-refractivity contribution is -0.115. The van der Waals surface area contributed by atoms with Crippen LogP contribution in [0.1, 0.15) is 16.9 Å². The van der Waals surface area contributed by atoms with Crippen molar-refractivity contribution in [1.82, 2.24) is 4.98 Å². The molecular formula is C15H12N4O3. The van der Waals surface area contributed by atoms with Crippen molar-refractivity contribution in [1.29, 1.82) is 5.26 Å². The number of nitrogens with one attached hydrogen (secondary N) is 1. The summed E-state index contributed by atoms with van der Waals surface area (Å²) in [5.41, 5.74) is 5.81. The van der Waals surface area contributed by atoms with E-state index in [2.05, 4.69) is 10.3 Å². The Kier molecular flexibility index (Phi) is 4.67. The van der Waals surface area contributed by atoms with E-state index < -0.39 is 5.91 Å². The van der Waals surface area contributed by atoms with Crippen molar-refractivity contribution < 1.29 is 14.3 Å². The Labute approximate surface area is 126 Å². The molecular weight excluding hydrogens is 284 g/mol. The molecule has 0 atom stereocenters. The predicted octanol–water partition coefficient (Wildman–Crippen LogP) is 1.82. The van der Waals surface area contributed by atoms with Gasteiger partial charge in [-0.25, -0.2) is 0 Å². The van der Waals surface area contributed by atoms with Gasteiger partial charge in [0.2, 0.25) is 5.91 Å². The molecule has 1 heterocycles. The average molecular weight is 296 g/mol. The second-order valence-electron chi connectivity index (χ2n) is 4.25. The average Bonchev–Trinajstić information content (AvgIpc) is 2.50. The molecule has 2 aromatic rings. The Morgan fingerprint density at radius 3 is 2.59 bits per heavy atom. The first kappa shape index (κ1) is 15.0. The zero-order valence-corrected chi connectivity index (χ0v) is 11.4. The number of primary amides is 1. The fourth-order valence-electron chi connectivity index (χ4n) is 1.63. The molecule has 0 spiro atoms. The topological polar surface area (TPSA) is 118 Å². The normalized spacial score (nSPS) is 9.59. The lowest BCUT2D eigenvalue weighted by Crippen LogP contribution is -2.12. The molecule has 0 radical (unpaired) electrons. The molecule has 0 aliphatic heterocycles. The van der Waals surface area contributed by atoms with E-state index in [1.807, 2.05) is 0 Å². The molecule has 1 aromatic heterocycles. The van der Waals surface area contributed by atoms with Gasteiger partial charge in [-0.3, -0.25) is 14.6 Å². The molecule has 7 heteroatoms. The number of carbonyl (C=O) groups is 2. The van der Waals surface area contributed by atoms with Crippen LogP contribution in [0.5, 0.6) is 11.5 Å². The Morgan fingerprint density at radius 1 is 1.23 bits per heavy atom. The van der Waals surface area contributed by atoms with E-state index in [1.165, 1.54) is 12.3 Å². The zero-order valence-electron chi connectivity index (χ0n) is 11.4. The number of amides is 2. The standard InChI is InChI=1S/C15H12N4O3/c16-7-5-14(20)19-10-1-3-11(4-2-10)22-12-6-8-18-13(9-12)15(17)21/h1-4,6,8-9H,5H2,(H2,17,21)(H,19,20). The summed E-state index contributed by atoms with van der Waals surface area (Å²) >= 11 is 0. The number of nitriles is 1. The predicted molar refractivity (Wildman–Crippen MR) is 78.1 cm³/mol. The number of nitrogens with zero attached hydrogens (tertiary/aromatic N) is 2. The Balaban J connectivity index is 2.05. The van der Waals surface area contributed by atoms with Crippen LogP contribution in [0.2, 0.25) is 0 Å². The van der Waals surface area contributed by atoms with Gasteiger partial charge in [0.25, 0.3) is 5.91 Å². The largest absolute Gasteiger partial charge is 0.457 e. The third kappa shape index (κ3) is 4.05. The molecule has 22 heavy (non-hydrogen) atoms. The molecule has 2 rings (SSSR count). The first-order valence-electron chi connectivity index (χ1n) is 6.29. The summed E-state index contributed by atoms with van der Waals surface area (Å²) < 4.78 is 5.56. The maximum absolute atomic E-state index is 11.3. The van der Waals surface area contributed by atoms with E-state index in [4.69, 9.17) is 15.7 Å². The first-order valence-corrected chi connectivity index (χ1v) is 6.29. The van der Waals surface area contributed by atoms with Crippen molar-refractivity contribution in [3.63, 3.8) is 0 Å². The van der Waals surface area contributed by atoms with Gasteiger partial charge in [-0.05, 0) is 30.3 Å². The molecule has 7 nitrogen and oxygen atoms in total. The molecule has 1 aromatic carbocycles. The Hall–Kier alpha value is -3.40. The van der Waals surface area contributed by atoms with Crippen LogP contribution in [-0.4, -0.2) is 16.8 Å². The van der Waals surface area contributed by atoms with Crippen LogP contribution in [0.15, 0.2) is 42.6 Å². The zero-order chi connectivity index (χ0) is 15.9. The molecule has 0 bridgehead atoms. The highest BCUT2D eigenvalue weighted by atomic mass is 16.5. The van der Waals surface area contributed by atoms with Gasteiger partial charge in [0, 0.05) is 18.0 Å². The molecule has 0 saturated heterocycles. The smallest absolute Gasteiger partial charge is 0.267 e. The van der Waals surface area contributed by atoms with Crippen molar-refractivity contribution in [3.8, 4) is 17.6 Å². The minimum absolute atomic E-state index is 0.109. The first-order chi connectivity index (χ1) is 10.6. The summed E-state index contributed by atoms with van der Waals surface area (Å²) in [6, 6.07) is 11.4. The van der Waals surface area contributed by atoms with E-state index in [0.29, 0.717) is 17.2 Å². The quantitative estimate of drug-likeness (QED) is 0.872. The van der Waals surface area contributed by atoms with Crippen LogP contribution in [-0.2, 0) is 4.79 Å². The summed E-state index contributed by atoms with van der Waals surface area (Å²) in [4.78, 5) is 26.1. The van der Waals surface area contributed by atoms with Crippen LogP contribution in [0.4, 0.5) is 5.69 Å². The SMILES string of the molecule is N#CCC(=O)Nc1ccc(Oc2ccnc(C(N)=O)c2)cc1. The highest BCUT2D eigenvalue weighted by Gasteiger charge is 2.05. The number of aromatic nitrogens is 1. The molecule has 0 aliphatic carbocycles. The molecule has 0 unspecified atom stereocenters. The fraction of sp³-hybridized carbons (Fsp3) is 0.0667. The molecule has 0 aliphatic rings. The molecule has 3 N–H and O–H groups in total. The number of hydrogen-bond donors (Lipinski definition) is 2. The van der Waals surface area contributed by atoms with Crippen molar-refractivity contribution in [2.45, 2.75) is 6.42 Å². The lowest BCUT2D eigenvalue weighted by atomic mass is 10.3. The number of hydrogen-bond acceptors (Lipinski definition) is 5. The van der Waals surface area contributed by atoms with Crippen LogP contribution < -0.4 is 15.8 Å². The maximum Gasteiger partial charge on any atom is 0.267 e. The summed E-state index contributed by atoms with van der Waals surface area (Å²) in [7, 11) is 0. The van der Waals surface area contributed by atoms with Gasteiger partial charge in [0.05, 0.1) is 6.07 Å². The molecule has 110 valence electrons. The monoisotopic (exact) mass is 296 g/mol. The van der Waals surface area contributed by atoms with Crippen molar-refractivity contribution in [2.75, 3.05) is 5.32 Å². The van der Waals surface area contributed by atoms with Gasteiger partial charge in [-0.2, -0.15) is 5.26 Å². The highest BCUT2D eigenvalue weighted by Crippen LogP contribution is 2.23. The second kappa shape index (κ2) is 6.85. The van der Waals surface area contributed by atoms with Crippen LogP contribution in [0.3, 0.4) is 0 Å². The molecule has 0 fully saturated rings. The maximum atomic E-state index is 11.3. The minimum atomic E-state index is -0.638. The van der Waals surface area contributed by atoms with Gasteiger partial charge in [-0.1, -0.05) is 0 Å². The van der Waals surface area contributed by atoms with E-state index >= 15 is 0 Å². The summed E-state index contributed by atoms with van der Waals surface area (Å²) in [6.07, 6.45) is 1.22. The number of carbonyl (C=O) groups excluding carboxylic acids is 2. The number of ether oxygens (including phenoxy) is 1. The van der Waals surface area contributed by atoms with E-state index in [0.717, 1.165) is 0 Å². The van der Waals surface area contributed by atoms with Crippen LogP contribution >= 0.6 is 0 Å².